The number of fused-ring (bicyclic) bond motifs is 1. The first kappa shape index (κ1) is 11.6. The van der Waals surface area contributed by atoms with Gasteiger partial charge in [0.2, 0.25) is 0 Å². The molecule has 0 saturated heterocycles. The molecule has 0 aliphatic heterocycles. The van der Waals surface area contributed by atoms with Gasteiger partial charge in [-0.05, 0) is 18.6 Å². The van der Waals surface area contributed by atoms with Crippen molar-refractivity contribution in [1.29, 1.82) is 0 Å². The molecule has 0 spiro atoms. The van der Waals surface area contributed by atoms with Gasteiger partial charge in [0.15, 0.2) is 5.13 Å². The first-order valence-electron chi connectivity index (χ1n) is 5.88. The van der Waals surface area contributed by atoms with E-state index in [-0.39, 0.29) is 0 Å². The van der Waals surface area contributed by atoms with Gasteiger partial charge in [0.1, 0.15) is 5.01 Å². The zero-order valence-corrected chi connectivity index (χ0v) is 11.6. The van der Waals surface area contributed by atoms with Crippen LogP contribution >= 0.6 is 22.7 Å². The first-order valence-corrected chi connectivity index (χ1v) is 7.51. The summed E-state index contributed by atoms with van der Waals surface area (Å²) in [4.78, 5) is 10.3. The van der Waals surface area contributed by atoms with Crippen LogP contribution in [0.3, 0.4) is 0 Å². The molecule has 1 aromatic carbocycles. The summed E-state index contributed by atoms with van der Waals surface area (Å²) in [6, 6.07) is 8.19. The monoisotopic (exact) mass is 275 g/mol. The molecule has 0 amide bonds. The molecule has 0 atom stereocenters. The summed E-state index contributed by atoms with van der Waals surface area (Å²) in [7, 11) is 0. The molecule has 2 heterocycles. The van der Waals surface area contributed by atoms with Crippen LogP contribution in [0.25, 0.3) is 10.2 Å². The maximum Gasteiger partial charge on any atom is 0.184 e. The van der Waals surface area contributed by atoms with E-state index in [1.54, 1.807) is 22.7 Å². The number of benzene rings is 1. The van der Waals surface area contributed by atoms with Crippen molar-refractivity contribution in [3.63, 3.8) is 0 Å². The Morgan fingerprint density at radius 1 is 1.22 bits per heavy atom. The fourth-order valence-corrected chi connectivity index (χ4v) is 3.36. The highest BCUT2D eigenvalue weighted by atomic mass is 32.1. The van der Waals surface area contributed by atoms with E-state index in [2.05, 4.69) is 28.3 Å². The molecule has 0 aliphatic carbocycles. The van der Waals surface area contributed by atoms with Crippen LogP contribution in [0.4, 0.5) is 5.13 Å². The molecule has 1 N–H and O–H groups in total. The minimum Gasteiger partial charge on any atom is -0.355 e. The number of nitrogens with one attached hydrogen (secondary N) is 1. The predicted octanol–water partition coefficient (Wildman–Crippen LogP) is 3.93. The average Bonchev–Trinajstić information content (AvgIpc) is 3.02. The van der Waals surface area contributed by atoms with E-state index < -0.39 is 0 Å². The fraction of sp³-hybridized carbons (Fsp3) is 0.231. The molecule has 0 fully saturated rings. The first-order chi connectivity index (χ1) is 8.85. The molecular weight excluding hydrogens is 262 g/mol. The minimum atomic E-state index is 0.754. The van der Waals surface area contributed by atoms with Gasteiger partial charge in [-0.3, -0.25) is 0 Å². The van der Waals surface area contributed by atoms with Gasteiger partial charge >= 0.3 is 0 Å². The predicted molar refractivity (Wildman–Crippen MR) is 78.4 cm³/mol. The molecule has 0 saturated carbocycles. The summed E-state index contributed by atoms with van der Waals surface area (Å²) >= 11 is 3.45. The van der Waals surface area contributed by atoms with Crippen LogP contribution in [0.1, 0.15) is 16.8 Å². The van der Waals surface area contributed by atoms with Crippen LogP contribution in [0.15, 0.2) is 30.5 Å². The maximum absolute atomic E-state index is 4.54. The second-order valence-electron chi connectivity index (χ2n) is 3.91. The second-order valence-corrected chi connectivity index (χ2v) is 6.14. The van der Waals surface area contributed by atoms with Crippen molar-refractivity contribution in [1.82, 2.24) is 9.97 Å². The van der Waals surface area contributed by atoms with Gasteiger partial charge in [-0.1, -0.05) is 30.4 Å². The smallest absolute Gasteiger partial charge is 0.184 e. The molecule has 0 aliphatic rings. The van der Waals surface area contributed by atoms with Gasteiger partial charge in [-0.25, -0.2) is 9.97 Å². The number of hydrogen-bond donors (Lipinski definition) is 1. The Balaban J connectivity index is 1.72. The third-order valence-corrected chi connectivity index (χ3v) is 4.77. The Kier molecular flexibility index (Phi) is 3.25. The van der Waals surface area contributed by atoms with Crippen molar-refractivity contribution < 1.29 is 0 Å². The molecule has 3 rings (SSSR count). The van der Waals surface area contributed by atoms with E-state index in [9.17, 15) is 0 Å². The quantitative estimate of drug-likeness (QED) is 0.784. The average molecular weight is 275 g/mol. The highest BCUT2D eigenvalue weighted by Gasteiger charge is 2.04. The number of aryl methyl sites for hydroxylation is 1. The topological polar surface area (TPSA) is 37.8 Å². The summed E-state index contributed by atoms with van der Waals surface area (Å²) < 4.78 is 1.22. The maximum atomic E-state index is 4.54. The largest absolute Gasteiger partial charge is 0.355 e. The molecule has 2 aromatic heterocycles. The molecular formula is C13H13N3S2. The molecule has 0 bridgehead atoms. The lowest BCUT2D eigenvalue weighted by atomic mass is 10.3. The third-order valence-electron chi connectivity index (χ3n) is 2.63. The molecule has 92 valence electrons. The van der Waals surface area contributed by atoms with Gasteiger partial charge in [0.25, 0.3) is 0 Å². The highest BCUT2D eigenvalue weighted by Crippen LogP contribution is 2.26. The van der Waals surface area contributed by atoms with E-state index in [1.807, 2.05) is 24.4 Å². The second kappa shape index (κ2) is 5.04. The van der Waals surface area contributed by atoms with E-state index >= 15 is 0 Å². The number of hydrogen-bond acceptors (Lipinski definition) is 5. The molecule has 5 heteroatoms. The van der Waals surface area contributed by atoms with E-state index in [0.29, 0.717) is 0 Å². The molecule has 3 aromatic rings. The van der Waals surface area contributed by atoms with Gasteiger partial charge in [0, 0.05) is 11.1 Å². The standard InChI is InChI=1S/C13H13N3S2/c1-2-9-7-14-12(17-9)8-15-13-16-10-5-3-4-6-11(10)18-13/h3-7H,2,8H2,1H3,(H,15,16). The Hall–Kier alpha value is -1.46. The van der Waals surface area contributed by atoms with Gasteiger partial charge in [-0.15, -0.1) is 11.3 Å². The van der Waals surface area contributed by atoms with Crippen molar-refractivity contribution in [3.05, 3.63) is 40.3 Å². The number of nitrogens with zero attached hydrogens (tertiary/aromatic N) is 2. The lowest BCUT2D eigenvalue weighted by Gasteiger charge is -1.97. The van der Waals surface area contributed by atoms with Crippen LogP contribution in [0.5, 0.6) is 0 Å². The molecule has 18 heavy (non-hydrogen) atoms. The number of anilines is 1. The lowest BCUT2D eigenvalue weighted by molar-refractivity contribution is 1.09. The minimum absolute atomic E-state index is 0.754. The van der Waals surface area contributed by atoms with Crippen LogP contribution in [-0.4, -0.2) is 9.97 Å². The van der Waals surface area contributed by atoms with E-state index in [4.69, 9.17) is 0 Å². The summed E-state index contributed by atoms with van der Waals surface area (Å²) in [5.41, 5.74) is 1.05. The van der Waals surface area contributed by atoms with E-state index in [1.165, 1.54) is 9.58 Å². The number of aromatic nitrogens is 2. The normalized spacial score (nSPS) is 10.9. The molecule has 0 unspecified atom stereocenters. The summed E-state index contributed by atoms with van der Waals surface area (Å²) in [6.45, 7) is 2.91. The van der Waals surface area contributed by atoms with Crippen molar-refractivity contribution in [2.45, 2.75) is 19.9 Å². The lowest BCUT2D eigenvalue weighted by Crippen LogP contribution is -1.97. The number of para-hydroxylation sites is 1. The van der Waals surface area contributed by atoms with Crippen molar-refractivity contribution in [3.8, 4) is 0 Å². The van der Waals surface area contributed by atoms with E-state index in [0.717, 1.165) is 28.6 Å². The SMILES string of the molecule is CCc1cnc(CNc2nc3ccccc3s2)s1. The summed E-state index contributed by atoms with van der Waals surface area (Å²) in [5, 5.41) is 5.42. The number of thiazole rings is 2. The van der Waals surface area contributed by atoms with Crippen LogP contribution in [-0.2, 0) is 13.0 Å². The summed E-state index contributed by atoms with van der Waals surface area (Å²) in [6.07, 6.45) is 3.01. The Labute approximate surface area is 114 Å². The van der Waals surface area contributed by atoms with Crippen LogP contribution < -0.4 is 5.32 Å². The Morgan fingerprint density at radius 3 is 2.89 bits per heavy atom. The fourth-order valence-electron chi connectivity index (χ4n) is 1.69. The zero-order chi connectivity index (χ0) is 12.4. The van der Waals surface area contributed by atoms with Gasteiger partial charge < -0.3 is 5.32 Å². The Morgan fingerprint density at radius 2 is 2.11 bits per heavy atom. The van der Waals surface area contributed by atoms with Crippen molar-refractivity contribution >= 4 is 38.0 Å². The highest BCUT2D eigenvalue weighted by molar-refractivity contribution is 7.22. The third kappa shape index (κ3) is 2.37. The van der Waals surface area contributed by atoms with Crippen molar-refractivity contribution in [2.24, 2.45) is 0 Å². The molecule has 3 nitrogen and oxygen atoms in total. The van der Waals surface area contributed by atoms with Crippen LogP contribution in [0, 0.1) is 0 Å². The summed E-state index contributed by atoms with van der Waals surface area (Å²) in [5.74, 6) is 0. The van der Waals surface area contributed by atoms with Crippen LogP contribution in [0.2, 0.25) is 0 Å². The number of rotatable bonds is 4. The van der Waals surface area contributed by atoms with Crippen molar-refractivity contribution in [2.75, 3.05) is 5.32 Å². The zero-order valence-electron chi connectivity index (χ0n) is 10.0. The Bertz CT molecular complexity index is 624. The van der Waals surface area contributed by atoms with Gasteiger partial charge in [-0.2, -0.15) is 0 Å². The van der Waals surface area contributed by atoms with Gasteiger partial charge in [0.05, 0.1) is 16.8 Å². The molecule has 0 radical (unpaired) electrons.